The van der Waals surface area contributed by atoms with Gasteiger partial charge in [0.15, 0.2) is 10.4 Å². The predicted octanol–water partition coefficient (Wildman–Crippen LogP) is 1.68. The number of thioether (sulfide) groups is 1. The standard InChI is InChI=1S/C18H21N5O3S/c1-5-23-11-8-6-7-9-12(11)27-18(3,17(23)26)16(25)20-13-10(2)22(4)21-14(13)15(19)24/h6-9H,5H2,1-4H3,(H2,19,24)(H,20,25). The highest BCUT2D eigenvalue weighted by Gasteiger charge is 2.49. The van der Waals surface area contributed by atoms with Gasteiger partial charge in [-0.3, -0.25) is 19.1 Å². The zero-order valence-corrected chi connectivity index (χ0v) is 16.4. The minimum absolute atomic E-state index is 0.0343. The number of fused-ring (bicyclic) bond motifs is 1. The summed E-state index contributed by atoms with van der Waals surface area (Å²) in [6.45, 7) is 5.60. The third-order valence-corrected chi connectivity index (χ3v) is 6.01. The predicted molar refractivity (Wildman–Crippen MR) is 104 cm³/mol. The van der Waals surface area contributed by atoms with E-state index in [1.165, 1.54) is 16.4 Å². The van der Waals surface area contributed by atoms with Gasteiger partial charge in [0.25, 0.3) is 11.8 Å². The van der Waals surface area contributed by atoms with E-state index >= 15 is 0 Å². The molecule has 3 rings (SSSR count). The number of anilines is 2. The summed E-state index contributed by atoms with van der Waals surface area (Å²) < 4.78 is 0.0725. The lowest BCUT2D eigenvalue weighted by Gasteiger charge is -2.38. The molecule has 0 radical (unpaired) electrons. The van der Waals surface area contributed by atoms with Crippen LogP contribution in [-0.2, 0) is 16.6 Å². The summed E-state index contributed by atoms with van der Waals surface area (Å²) in [6, 6.07) is 7.46. The van der Waals surface area contributed by atoms with Gasteiger partial charge >= 0.3 is 0 Å². The molecule has 0 saturated carbocycles. The number of primary amides is 1. The van der Waals surface area contributed by atoms with Crippen LogP contribution in [0.1, 0.15) is 30.0 Å². The Balaban J connectivity index is 2.00. The summed E-state index contributed by atoms with van der Waals surface area (Å²) in [5.74, 6) is -1.58. The third-order valence-electron chi connectivity index (χ3n) is 4.68. The van der Waals surface area contributed by atoms with Gasteiger partial charge in [-0.2, -0.15) is 5.10 Å². The molecule has 2 aromatic rings. The van der Waals surface area contributed by atoms with Crippen LogP contribution in [0.2, 0.25) is 0 Å². The van der Waals surface area contributed by atoms with E-state index in [0.29, 0.717) is 12.2 Å². The topological polar surface area (TPSA) is 110 Å². The number of carbonyl (C=O) groups is 3. The molecule has 0 saturated heterocycles. The Morgan fingerprint density at radius 3 is 2.63 bits per heavy atom. The van der Waals surface area contributed by atoms with Crippen LogP contribution >= 0.6 is 11.8 Å². The number of aryl methyl sites for hydroxylation is 1. The van der Waals surface area contributed by atoms with Crippen molar-refractivity contribution in [2.24, 2.45) is 12.8 Å². The Morgan fingerprint density at radius 1 is 1.33 bits per heavy atom. The maximum absolute atomic E-state index is 13.1. The van der Waals surface area contributed by atoms with Crippen molar-refractivity contribution in [1.29, 1.82) is 0 Å². The van der Waals surface area contributed by atoms with Crippen molar-refractivity contribution in [1.82, 2.24) is 9.78 Å². The molecular weight excluding hydrogens is 366 g/mol. The largest absolute Gasteiger partial charge is 0.364 e. The van der Waals surface area contributed by atoms with Crippen LogP contribution in [0.25, 0.3) is 0 Å². The summed E-state index contributed by atoms with van der Waals surface area (Å²) in [6.07, 6.45) is 0. The molecule has 0 aliphatic carbocycles. The Morgan fingerprint density at radius 2 is 2.00 bits per heavy atom. The molecule has 3 N–H and O–H groups in total. The van der Waals surface area contributed by atoms with Crippen LogP contribution in [0.4, 0.5) is 11.4 Å². The molecule has 142 valence electrons. The molecule has 8 nitrogen and oxygen atoms in total. The second-order valence-electron chi connectivity index (χ2n) is 6.40. The molecule has 1 atom stereocenters. The molecule has 1 unspecified atom stereocenters. The SMILES string of the molecule is CCN1C(=O)C(C)(C(=O)Nc2c(C(N)=O)nn(C)c2C)Sc2ccccc21. The van der Waals surface area contributed by atoms with Gasteiger partial charge in [-0.25, -0.2) is 0 Å². The second kappa shape index (κ2) is 6.73. The maximum atomic E-state index is 13.1. The van der Waals surface area contributed by atoms with Crippen LogP contribution in [0, 0.1) is 6.92 Å². The number of rotatable bonds is 4. The fourth-order valence-corrected chi connectivity index (χ4v) is 4.23. The lowest BCUT2D eigenvalue weighted by molar-refractivity contribution is -0.128. The second-order valence-corrected chi connectivity index (χ2v) is 7.86. The van der Waals surface area contributed by atoms with Crippen LogP contribution in [-0.4, -0.2) is 38.8 Å². The van der Waals surface area contributed by atoms with Crippen molar-refractivity contribution in [3.63, 3.8) is 0 Å². The first-order valence-corrected chi connectivity index (χ1v) is 9.27. The number of nitrogens with two attached hydrogens (primary N) is 1. The number of aromatic nitrogens is 2. The molecule has 1 aliphatic rings. The van der Waals surface area contributed by atoms with Crippen LogP contribution in [0.5, 0.6) is 0 Å². The summed E-state index contributed by atoms with van der Waals surface area (Å²) in [5.41, 5.74) is 6.92. The highest BCUT2D eigenvalue weighted by Crippen LogP contribution is 2.45. The van der Waals surface area contributed by atoms with Crippen LogP contribution < -0.4 is 16.0 Å². The molecule has 0 bridgehead atoms. The number of nitrogens with zero attached hydrogens (tertiary/aromatic N) is 3. The van der Waals surface area contributed by atoms with Crippen LogP contribution in [0.15, 0.2) is 29.2 Å². The molecule has 1 aliphatic heterocycles. The van der Waals surface area contributed by atoms with E-state index < -0.39 is 16.6 Å². The molecule has 0 spiro atoms. The Hall–Kier alpha value is -2.81. The van der Waals surface area contributed by atoms with Crippen molar-refractivity contribution in [3.05, 3.63) is 35.7 Å². The quantitative estimate of drug-likeness (QED) is 0.776. The molecule has 9 heteroatoms. The van der Waals surface area contributed by atoms with Gasteiger partial charge < -0.3 is 16.0 Å². The summed E-state index contributed by atoms with van der Waals surface area (Å²) in [4.78, 5) is 40.4. The number of hydrogen-bond donors (Lipinski definition) is 2. The lowest BCUT2D eigenvalue weighted by atomic mass is 10.1. The average molecular weight is 387 g/mol. The monoisotopic (exact) mass is 387 g/mol. The van der Waals surface area contributed by atoms with E-state index in [-0.39, 0.29) is 17.3 Å². The molecule has 0 fully saturated rings. The number of para-hydroxylation sites is 1. The van der Waals surface area contributed by atoms with E-state index in [1.807, 2.05) is 31.2 Å². The van der Waals surface area contributed by atoms with Crippen molar-refractivity contribution < 1.29 is 14.4 Å². The van der Waals surface area contributed by atoms with Gasteiger partial charge in [0, 0.05) is 18.5 Å². The summed E-state index contributed by atoms with van der Waals surface area (Å²) >= 11 is 1.19. The molecule has 1 aromatic carbocycles. The zero-order valence-electron chi connectivity index (χ0n) is 15.6. The fourth-order valence-electron chi connectivity index (χ4n) is 3.02. The van der Waals surface area contributed by atoms with Gasteiger partial charge in [0.2, 0.25) is 5.91 Å². The highest BCUT2D eigenvalue weighted by molar-refractivity contribution is 8.02. The summed E-state index contributed by atoms with van der Waals surface area (Å²) in [7, 11) is 1.65. The molecule has 27 heavy (non-hydrogen) atoms. The number of amides is 3. The van der Waals surface area contributed by atoms with Crippen molar-refractivity contribution in [3.8, 4) is 0 Å². The third kappa shape index (κ3) is 2.97. The molecule has 1 aromatic heterocycles. The first-order chi connectivity index (χ1) is 12.7. The molecule has 3 amide bonds. The van der Waals surface area contributed by atoms with Gasteiger partial charge in [0.1, 0.15) is 0 Å². The van der Waals surface area contributed by atoms with E-state index in [0.717, 1.165) is 10.6 Å². The highest BCUT2D eigenvalue weighted by atomic mass is 32.2. The first kappa shape index (κ1) is 19.0. The van der Waals surface area contributed by atoms with E-state index in [9.17, 15) is 14.4 Å². The minimum atomic E-state index is -1.39. The van der Waals surface area contributed by atoms with Crippen molar-refractivity contribution in [2.45, 2.75) is 30.4 Å². The molecule has 2 heterocycles. The van der Waals surface area contributed by atoms with Gasteiger partial charge in [-0.05, 0) is 32.9 Å². The number of nitrogens with one attached hydrogen (secondary N) is 1. The average Bonchev–Trinajstić information content (AvgIpc) is 2.91. The number of benzene rings is 1. The fraction of sp³-hybridized carbons (Fsp3) is 0.333. The summed E-state index contributed by atoms with van der Waals surface area (Å²) in [5, 5.41) is 6.75. The van der Waals surface area contributed by atoms with Crippen molar-refractivity contribution >= 4 is 40.9 Å². The van der Waals surface area contributed by atoms with Gasteiger partial charge in [0.05, 0.1) is 17.1 Å². The normalized spacial score (nSPS) is 19.0. The minimum Gasteiger partial charge on any atom is -0.364 e. The number of hydrogen-bond acceptors (Lipinski definition) is 5. The lowest BCUT2D eigenvalue weighted by Crippen LogP contribution is -2.54. The van der Waals surface area contributed by atoms with Crippen LogP contribution in [0.3, 0.4) is 0 Å². The first-order valence-electron chi connectivity index (χ1n) is 8.45. The van der Waals surface area contributed by atoms with E-state index in [2.05, 4.69) is 10.4 Å². The van der Waals surface area contributed by atoms with Crippen molar-refractivity contribution in [2.75, 3.05) is 16.8 Å². The molecular formula is C18H21N5O3S. The van der Waals surface area contributed by atoms with Gasteiger partial charge in [-0.1, -0.05) is 23.9 Å². The maximum Gasteiger partial charge on any atom is 0.271 e. The van der Waals surface area contributed by atoms with Gasteiger partial charge in [-0.15, -0.1) is 0 Å². The number of carbonyl (C=O) groups excluding carboxylic acids is 3. The Kier molecular flexibility index (Phi) is 4.73. The van der Waals surface area contributed by atoms with E-state index in [4.69, 9.17) is 5.73 Å². The Bertz CT molecular complexity index is 954. The smallest absolute Gasteiger partial charge is 0.271 e. The zero-order chi connectivity index (χ0) is 19.9. The Labute approximate surface area is 161 Å². The van der Waals surface area contributed by atoms with E-state index in [1.54, 1.807) is 25.8 Å².